The number of benzene rings is 3. The summed E-state index contributed by atoms with van der Waals surface area (Å²) in [5.41, 5.74) is 3.07. The molecule has 44 heteroatoms. The number of pyridine rings is 1. The van der Waals surface area contributed by atoms with E-state index in [1.54, 1.807) is 94.0 Å². The lowest BCUT2D eigenvalue weighted by Gasteiger charge is -2.36. The fourth-order valence-electron chi connectivity index (χ4n) is 13.0. The van der Waals surface area contributed by atoms with Gasteiger partial charge in [-0.05, 0) is 135 Å². The van der Waals surface area contributed by atoms with Gasteiger partial charge in [0.2, 0.25) is 23.6 Å². The number of aryl methyl sites for hydroxylation is 1. The van der Waals surface area contributed by atoms with Crippen LogP contribution in [0.4, 0.5) is 0 Å². The second kappa shape index (κ2) is 43.8. The number of nitrogens with one attached hydrogen (secondary N) is 4. The van der Waals surface area contributed by atoms with Crippen molar-refractivity contribution in [1.29, 1.82) is 5.26 Å². The molecule has 668 valence electrons. The molecule has 4 amide bonds. The van der Waals surface area contributed by atoms with Crippen LogP contribution in [0.15, 0.2) is 73.2 Å². The Morgan fingerprint density at radius 3 is 1.73 bits per heavy atom. The normalized spacial score (nSPS) is 15.7. The van der Waals surface area contributed by atoms with Gasteiger partial charge in [-0.25, -0.2) is 0 Å². The van der Waals surface area contributed by atoms with E-state index in [4.69, 9.17) is 44.6 Å². The van der Waals surface area contributed by atoms with E-state index < -0.39 is 159 Å². The number of hydrogen-bond donors (Lipinski definition) is 8. The van der Waals surface area contributed by atoms with Crippen LogP contribution in [-0.2, 0) is 121 Å². The predicted molar refractivity (Wildman–Crippen MR) is 441 cm³/mol. The summed E-state index contributed by atoms with van der Waals surface area (Å²) < 4.78 is 173. The first-order chi connectivity index (χ1) is 56.3. The topological polar surface area (TPSA) is 524 Å². The molecule has 0 unspecified atom stereocenters. The van der Waals surface area contributed by atoms with E-state index in [-0.39, 0.29) is 126 Å². The highest BCUT2D eigenvalue weighted by Crippen LogP contribution is 2.37. The minimum Gasteiger partial charge on any atom is -0.488 e. The van der Waals surface area contributed by atoms with Crippen LogP contribution in [0.3, 0.4) is 0 Å². The molecule has 3 aromatic carbocycles. The number of halogens is 1. The number of aromatic nitrogens is 4. The Hall–Kier alpha value is -9.14. The monoisotopic (exact) mass is 1790 g/mol. The number of ether oxygens (including phenoxy) is 6. The molecule has 2 fully saturated rings. The number of rotatable bonds is 40. The maximum absolute atomic E-state index is 14.2. The zero-order chi connectivity index (χ0) is 89.6. The van der Waals surface area contributed by atoms with Crippen molar-refractivity contribution in [3.8, 4) is 34.4 Å². The van der Waals surface area contributed by atoms with E-state index in [0.717, 1.165) is 27.8 Å². The first-order valence-electron chi connectivity index (χ1n) is 38.7. The summed E-state index contributed by atoms with van der Waals surface area (Å²) in [6, 6.07) is 10.8. The van der Waals surface area contributed by atoms with Crippen molar-refractivity contribution in [2.45, 2.75) is 169 Å². The highest BCUT2D eigenvalue weighted by molar-refractivity contribution is 7.86. The summed E-state index contributed by atoms with van der Waals surface area (Å²) in [4.78, 5) is 108. The molecule has 0 radical (unpaired) electrons. The van der Waals surface area contributed by atoms with Crippen molar-refractivity contribution < 1.29 is 114 Å². The molecule has 2 aliphatic heterocycles. The van der Waals surface area contributed by atoms with E-state index in [1.165, 1.54) is 29.4 Å². The average molecular weight is 1790 g/mol. The van der Waals surface area contributed by atoms with Gasteiger partial charge in [-0.1, -0.05) is 47.1 Å². The molecule has 0 saturated carbocycles. The molecule has 2 aliphatic rings. The standard InChI is InChI=1S/C77H109ClN14O25S4/c1-51-55(46-113-67-37-66(112-45-54-35-53(38-79)39-80-40-54)56(36-60(67)78)41-82-61(48-119(103,104)105)71(96)81-21-34-118(100,101)102)15-12-16-58(51)59-17-13-18-65(52(59)2)114-47-57-42-92(86-85-57)23-14-22-87-26-32-91(33-27-87)73(98)63(50-121(109,110)111)84-72(97)62(49-120(106,107)108)83-68(93)20-19-64(74(99)117-77(9,10)11)90-30-28-88(43-69(94)115-75(3,4)5)24-25-89(29-31-90)44-70(95)116-76(6,7)8/h12-13,15-18,35-37,39-40,42,61-64,82H,14,19-34,41,43-50H2,1-11H3,(H,81,96)(H,83,93)(H,84,97)(H,100,101,102)(H,103,104,105)(H,106,107,108)(H,109,110,111)/t61-,62-,63-,64+/m0/s1. The lowest BCUT2D eigenvalue weighted by Crippen LogP contribution is -2.60. The van der Waals surface area contributed by atoms with Gasteiger partial charge in [0.15, 0.2) is 0 Å². The molecular formula is C77H109ClN14O25S4. The second-order valence-corrected chi connectivity index (χ2v) is 38.7. The number of nitrogens with zero attached hydrogens (tertiary/aromatic N) is 10. The van der Waals surface area contributed by atoms with E-state index in [9.17, 15) is 86.2 Å². The largest absolute Gasteiger partial charge is 0.488 e. The predicted octanol–water partition coefficient (Wildman–Crippen LogP) is 2.94. The molecule has 4 heterocycles. The second-order valence-electron chi connectivity index (χ2n) is 32.2. The number of carbonyl (C=O) groups excluding carboxylic acids is 7. The summed E-state index contributed by atoms with van der Waals surface area (Å²) in [7, 11) is -19.4. The number of carbonyl (C=O) groups is 7. The number of piperazine rings is 1. The van der Waals surface area contributed by atoms with Crippen molar-refractivity contribution in [2.75, 3.05) is 115 Å². The number of amides is 4. The third-order valence-corrected chi connectivity index (χ3v) is 22.0. The van der Waals surface area contributed by atoms with Gasteiger partial charge in [0.25, 0.3) is 40.5 Å². The van der Waals surface area contributed by atoms with Crippen molar-refractivity contribution in [3.05, 3.63) is 117 Å². The zero-order valence-corrected chi connectivity index (χ0v) is 73.5. The Balaban J connectivity index is 0.938. The summed E-state index contributed by atoms with van der Waals surface area (Å²) >= 11 is 6.83. The molecule has 0 bridgehead atoms. The molecule has 2 aromatic heterocycles. The molecule has 4 atom stereocenters. The van der Waals surface area contributed by atoms with Crippen LogP contribution in [-0.4, -0.2) is 294 Å². The first kappa shape index (κ1) is 99.0. The molecule has 7 rings (SSSR count). The van der Waals surface area contributed by atoms with Gasteiger partial charge in [-0.3, -0.25) is 81.0 Å². The fourth-order valence-corrected chi connectivity index (χ4v) is 15.6. The van der Waals surface area contributed by atoms with Gasteiger partial charge < -0.3 is 54.6 Å². The number of esters is 3. The lowest BCUT2D eigenvalue weighted by molar-refractivity contribution is -0.163. The number of nitriles is 1. The van der Waals surface area contributed by atoms with Crippen LogP contribution in [0, 0.1) is 25.2 Å². The number of hydrogen-bond acceptors (Lipinski definition) is 30. The Morgan fingerprint density at radius 1 is 0.587 bits per heavy atom. The van der Waals surface area contributed by atoms with E-state index >= 15 is 0 Å². The quantitative estimate of drug-likeness (QED) is 0.0159. The van der Waals surface area contributed by atoms with Gasteiger partial charge in [-0.15, -0.1) is 5.10 Å². The van der Waals surface area contributed by atoms with Gasteiger partial charge in [0.1, 0.15) is 101 Å². The minimum atomic E-state index is -5.10. The van der Waals surface area contributed by atoms with Crippen LogP contribution in [0.25, 0.3) is 11.1 Å². The van der Waals surface area contributed by atoms with Gasteiger partial charge in [0, 0.05) is 128 Å². The molecule has 0 spiro atoms. The summed E-state index contributed by atoms with van der Waals surface area (Å²) in [6.45, 7) is 20.7. The summed E-state index contributed by atoms with van der Waals surface area (Å²) in [6.07, 6.45) is 4.27. The molecule has 5 aromatic rings. The van der Waals surface area contributed by atoms with Crippen molar-refractivity contribution in [2.24, 2.45) is 0 Å². The van der Waals surface area contributed by atoms with Crippen molar-refractivity contribution in [1.82, 2.24) is 65.7 Å². The van der Waals surface area contributed by atoms with Crippen LogP contribution in [0.2, 0.25) is 5.02 Å². The molecule has 8 N–H and O–H groups in total. The van der Waals surface area contributed by atoms with E-state index in [2.05, 4.69) is 36.6 Å². The zero-order valence-electron chi connectivity index (χ0n) is 69.5. The average Bonchev–Trinajstić information content (AvgIpc) is 0.915. The van der Waals surface area contributed by atoms with E-state index in [1.807, 2.05) is 61.2 Å². The Morgan fingerprint density at radius 2 is 1.14 bits per heavy atom. The Bertz CT molecular complexity index is 4950. The van der Waals surface area contributed by atoms with E-state index in [0.29, 0.717) is 49.6 Å². The molecule has 39 nitrogen and oxygen atoms in total. The van der Waals surface area contributed by atoms with Crippen LogP contribution < -0.4 is 35.5 Å². The van der Waals surface area contributed by atoms with Gasteiger partial charge in [0.05, 0.1) is 41.4 Å². The SMILES string of the molecule is Cc1c(COc2cc(OCc3cncc(C#N)c3)c(CN[C@@H](CS(=O)(=O)O)C(=O)NCCS(=O)(=O)O)cc2Cl)cccc1-c1cccc(OCc2cn(CCCN3CCN(C(=O)[C@H](CS(=O)(=O)O)NC(=O)[C@H](CS(=O)(=O)O)NC(=O)CC[C@H](C(=O)OC(C)(C)C)N4CCN(CC(=O)OC(C)(C)C)CCN(CC(=O)OC(C)(C)C)CC4)CC3)nn2)c1C. The summed E-state index contributed by atoms with van der Waals surface area (Å²) in [5, 5.41) is 27.5. The Kier molecular flexibility index (Phi) is 35.8. The minimum absolute atomic E-state index is 0.000271. The maximum atomic E-state index is 14.2. The smallest absolute Gasteiger partial charge is 0.323 e. The summed E-state index contributed by atoms with van der Waals surface area (Å²) in [5.74, 6) is -10.1. The lowest BCUT2D eigenvalue weighted by atomic mass is 9.93. The van der Waals surface area contributed by atoms with Crippen LogP contribution in [0.5, 0.6) is 17.2 Å². The molecular weight excluding hydrogens is 1680 g/mol. The highest BCUT2D eigenvalue weighted by Gasteiger charge is 2.38. The molecule has 2 saturated heterocycles. The third-order valence-electron chi connectivity index (χ3n) is 18.7. The first-order valence-corrected chi connectivity index (χ1v) is 45.6. The molecule has 0 aliphatic carbocycles. The van der Waals surface area contributed by atoms with Crippen LogP contribution in [0.1, 0.15) is 121 Å². The Labute approximate surface area is 710 Å². The van der Waals surface area contributed by atoms with Crippen molar-refractivity contribution in [3.63, 3.8) is 0 Å². The van der Waals surface area contributed by atoms with Crippen molar-refractivity contribution >= 4 is 93.6 Å². The third kappa shape index (κ3) is 35.3. The maximum Gasteiger partial charge on any atom is 0.323 e. The highest BCUT2D eigenvalue weighted by atomic mass is 35.5. The van der Waals surface area contributed by atoms with Gasteiger partial charge >= 0.3 is 17.9 Å². The van der Waals surface area contributed by atoms with Crippen LogP contribution >= 0.6 is 11.6 Å². The molecule has 121 heavy (non-hydrogen) atoms. The fraction of sp³-hybridized carbons (Fsp3) is 0.571. The van der Waals surface area contributed by atoms with Gasteiger partial charge in [-0.2, -0.15) is 38.9 Å².